The number of carbonyl (C=O) groups is 2. The van der Waals surface area contributed by atoms with Crippen molar-refractivity contribution in [2.45, 2.75) is 94.8 Å². The summed E-state index contributed by atoms with van der Waals surface area (Å²) in [5, 5.41) is 37.7. The average molecular weight is 1010 g/mol. The molecule has 7 atom stereocenters. The van der Waals surface area contributed by atoms with Gasteiger partial charge in [0.1, 0.15) is 29.0 Å². The van der Waals surface area contributed by atoms with E-state index in [-0.39, 0.29) is 63.1 Å². The van der Waals surface area contributed by atoms with Crippen LogP contribution in [0.4, 0.5) is 10.5 Å². The normalized spacial score (nSPS) is 23.7. The predicted octanol–water partition coefficient (Wildman–Crippen LogP) is 9.42. The van der Waals surface area contributed by atoms with Crippen LogP contribution in [0.15, 0.2) is 108 Å². The van der Waals surface area contributed by atoms with Gasteiger partial charge in [-0.1, -0.05) is 36.2 Å². The molecular weight excluding hydrogens is 949 g/mol. The van der Waals surface area contributed by atoms with Crippen molar-refractivity contribution < 1.29 is 62.5 Å². The molecule has 3 heterocycles. The van der Waals surface area contributed by atoms with Gasteiger partial charge in [-0.25, -0.2) is 4.79 Å². The summed E-state index contributed by atoms with van der Waals surface area (Å²) in [5.74, 6) is -0.462. The molecule has 1 saturated carbocycles. The number of nitrogens with one attached hydrogen (secondary N) is 1. The van der Waals surface area contributed by atoms with Crippen LogP contribution in [0.2, 0.25) is 0 Å². The smallest absolute Gasteiger partial charge is 0.417 e. The van der Waals surface area contributed by atoms with Crippen LogP contribution in [0.25, 0.3) is 0 Å². The molecule has 9 rings (SSSR count). The number of aliphatic hydroxyl groups excluding tert-OH is 2. The van der Waals surface area contributed by atoms with E-state index in [9.17, 15) is 20.3 Å². The van der Waals surface area contributed by atoms with Crippen molar-refractivity contribution in [3.8, 4) is 40.6 Å². The van der Waals surface area contributed by atoms with Gasteiger partial charge in [0.05, 0.1) is 56.4 Å². The van der Waals surface area contributed by atoms with Crippen LogP contribution < -0.4 is 33.7 Å². The molecule has 1 unspecified atom stereocenters. The van der Waals surface area contributed by atoms with Gasteiger partial charge in [0.2, 0.25) is 18.9 Å². The largest absolute Gasteiger partial charge is 0.497 e. The molecule has 3 N–H and O–H groups in total. The van der Waals surface area contributed by atoms with E-state index in [1.807, 2.05) is 24.3 Å². The third-order valence-corrected chi connectivity index (χ3v) is 14.6. The van der Waals surface area contributed by atoms with Gasteiger partial charge in [0.25, 0.3) is 5.91 Å². The molecule has 2 amide bonds. The Morgan fingerprint density at radius 1 is 0.919 bits per heavy atom. The van der Waals surface area contributed by atoms with Crippen LogP contribution >= 0.6 is 0 Å². The second-order valence-corrected chi connectivity index (χ2v) is 19.1. The zero-order chi connectivity index (χ0) is 51.6. The van der Waals surface area contributed by atoms with Gasteiger partial charge >= 0.3 is 6.09 Å². The maximum absolute atomic E-state index is 15.6. The quantitative estimate of drug-likeness (QED) is 0.0404. The lowest BCUT2D eigenvalue weighted by Gasteiger charge is -2.60. The Balaban J connectivity index is 1.23. The van der Waals surface area contributed by atoms with Crippen molar-refractivity contribution in [3.05, 3.63) is 125 Å². The van der Waals surface area contributed by atoms with Gasteiger partial charge < -0.3 is 57.8 Å². The van der Waals surface area contributed by atoms with Crippen molar-refractivity contribution in [2.24, 2.45) is 22.9 Å². The fourth-order valence-electron chi connectivity index (χ4n) is 11.2. The zero-order valence-corrected chi connectivity index (χ0v) is 41.9. The molecule has 4 aromatic rings. The van der Waals surface area contributed by atoms with Crippen LogP contribution in [-0.4, -0.2) is 98.4 Å². The number of hydrogen-bond acceptors (Lipinski definition) is 15. The molecule has 17 nitrogen and oxygen atoms in total. The van der Waals surface area contributed by atoms with E-state index in [1.165, 1.54) is 7.11 Å². The lowest BCUT2D eigenvalue weighted by atomic mass is 9.55. The number of methoxy groups -OCH3 is 2. The van der Waals surface area contributed by atoms with Crippen molar-refractivity contribution in [1.82, 2.24) is 4.90 Å². The number of hydrogen-bond donors (Lipinski definition) is 3. The van der Waals surface area contributed by atoms with Crippen LogP contribution in [0.1, 0.15) is 97.2 Å². The third kappa shape index (κ3) is 11.0. The fraction of sp³-hybridized carbons (Fsp3) is 0.439. The number of fused-ring (bicyclic) bond motifs is 3. The maximum Gasteiger partial charge on any atom is 0.417 e. The summed E-state index contributed by atoms with van der Waals surface area (Å²) in [6.45, 7) is 4.84. The summed E-state index contributed by atoms with van der Waals surface area (Å²) in [4.78, 5) is 37.5. The molecule has 3 aliphatic heterocycles. The molecule has 17 heteroatoms. The van der Waals surface area contributed by atoms with E-state index < -0.39 is 36.0 Å². The Bertz CT molecular complexity index is 2750. The van der Waals surface area contributed by atoms with Crippen LogP contribution in [0.3, 0.4) is 0 Å². The Hall–Kier alpha value is -7.10. The van der Waals surface area contributed by atoms with E-state index in [1.54, 1.807) is 72.7 Å². The number of aliphatic hydroxyl groups is 2. The first kappa shape index (κ1) is 51.8. The number of rotatable bonds is 21. The summed E-state index contributed by atoms with van der Waals surface area (Å²) in [5.41, 5.74) is 4.04. The monoisotopic (exact) mass is 1010 g/mol. The minimum Gasteiger partial charge on any atom is -0.497 e. The second kappa shape index (κ2) is 23.8. The zero-order valence-electron chi connectivity index (χ0n) is 41.9. The van der Waals surface area contributed by atoms with E-state index in [4.69, 9.17) is 47.9 Å². The molecular formula is C57H64N4O13. The Kier molecular flexibility index (Phi) is 16.7. The standard InChI is InChI=1S/C57H64N4O13/c1-4-26-71-57-51(61(55(64)38-17-14-36(33-58)15-18-38)34-37-16-22-48-50(28-37)70-35-69-48)32-46(60-74-52-13-7-10-27-68-52)43-29-39(11-5-8-24-62)42(12-6-9-25-63)53(54(43)57)44-30-41(20-23-47(44)73-57)72-56(65)59-45-21-19-40(66-2)31-49(45)67-3/h4,14-23,28-31,39,42,51-54,62-63H,1,5-13,24-27,32,34-35H2,2-3H3,(H,59,65)/t39-,42+,51-,52?,53+,54+,57+/m0/s1. The van der Waals surface area contributed by atoms with E-state index in [0.29, 0.717) is 90.0 Å². The number of carbonyl (C=O) groups excluding carboxylic acids is 2. The summed E-state index contributed by atoms with van der Waals surface area (Å²) in [6, 6.07) is 23.7. The van der Waals surface area contributed by atoms with Gasteiger partial charge in [-0.2, -0.15) is 5.26 Å². The summed E-state index contributed by atoms with van der Waals surface area (Å²) < 4.78 is 49.2. The highest BCUT2D eigenvalue weighted by Crippen LogP contribution is 2.62. The summed E-state index contributed by atoms with van der Waals surface area (Å²) >= 11 is 0. The van der Waals surface area contributed by atoms with Crippen molar-refractivity contribution in [3.63, 3.8) is 0 Å². The fourth-order valence-corrected chi connectivity index (χ4v) is 11.2. The number of anilines is 1. The highest BCUT2D eigenvalue weighted by molar-refractivity contribution is 6.03. The lowest BCUT2D eigenvalue weighted by molar-refractivity contribution is -0.255. The molecule has 2 aliphatic carbocycles. The SMILES string of the molecule is C=CCO[C@@]12Oc3ccc(OC(=O)Nc4ccc(OC)cc4OC)cc3[C@H]3[C@H](CCCCO)[C@@H](CCCCO)C=C(C(=NOC4CCCCO4)C[C@@H]1N(Cc1ccc4c(c1)OCO4)C(=O)c1ccc(C#N)cc1)[C@H]32. The number of benzene rings is 4. The van der Waals surface area contributed by atoms with Gasteiger partial charge in [0, 0.05) is 55.7 Å². The highest BCUT2D eigenvalue weighted by atomic mass is 16.8. The van der Waals surface area contributed by atoms with E-state index >= 15 is 4.79 Å². The molecule has 74 heavy (non-hydrogen) atoms. The molecule has 0 radical (unpaired) electrons. The number of nitriles is 1. The molecule has 390 valence electrons. The Labute approximate surface area is 431 Å². The summed E-state index contributed by atoms with van der Waals surface area (Å²) in [7, 11) is 3.04. The number of allylic oxidation sites excluding steroid dienone is 1. The van der Waals surface area contributed by atoms with Crippen LogP contribution in [-0.2, 0) is 20.9 Å². The Morgan fingerprint density at radius 2 is 1.70 bits per heavy atom. The molecule has 5 aliphatic rings. The topological polar surface area (TPSA) is 209 Å². The predicted molar refractivity (Wildman–Crippen MR) is 272 cm³/mol. The highest BCUT2D eigenvalue weighted by Gasteiger charge is 2.65. The Morgan fingerprint density at radius 3 is 2.45 bits per heavy atom. The van der Waals surface area contributed by atoms with Gasteiger partial charge in [0.15, 0.2) is 11.5 Å². The maximum atomic E-state index is 15.6. The van der Waals surface area contributed by atoms with Crippen LogP contribution in [0.5, 0.6) is 34.5 Å². The van der Waals surface area contributed by atoms with Crippen molar-refractivity contribution in [2.75, 3.05) is 52.8 Å². The molecule has 1 saturated heterocycles. The van der Waals surface area contributed by atoms with Crippen molar-refractivity contribution >= 4 is 23.4 Å². The molecule has 0 bridgehead atoms. The first-order chi connectivity index (χ1) is 36.2. The molecule has 4 aromatic carbocycles. The second-order valence-electron chi connectivity index (χ2n) is 19.1. The number of ether oxygens (including phenoxy) is 8. The van der Waals surface area contributed by atoms with Gasteiger partial charge in [-0.05, 0) is 128 Å². The lowest BCUT2D eigenvalue weighted by Crippen LogP contribution is -2.70. The summed E-state index contributed by atoms with van der Waals surface area (Å²) in [6.07, 6.45) is 9.21. The first-order valence-electron chi connectivity index (χ1n) is 25.5. The van der Waals surface area contributed by atoms with E-state index in [2.05, 4.69) is 24.0 Å². The van der Waals surface area contributed by atoms with E-state index in [0.717, 1.165) is 42.4 Å². The first-order valence-corrected chi connectivity index (χ1v) is 25.5. The molecule has 0 spiro atoms. The van der Waals surface area contributed by atoms with Crippen molar-refractivity contribution in [1.29, 1.82) is 5.26 Å². The number of unbranched alkanes of at least 4 members (excludes halogenated alkanes) is 2. The molecule has 2 fully saturated rings. The minimum absolute atomic E-state index is 0.0149. The van der Waals surface area contributed by atoms with Gasteiger partial charge in [-0.15, -0.1) is 6.58 Å². The molecule has 0 aromatic heterocycles. The van der Waals surface area contributed by atoms with Crippen LogP contribution in [0, 0.1) is 29.1 Å². The number of nitrogens with zero attached hydrogens (tertiary/aromatic N) is 3. The van der Waals surface area contributed by atoms with Gasteiger partial charge in [-0.3, -0.25) is 10.1 Å². The number of oxime groups is 1. The number of amides is 2. The minimum atomic E-state index is -1.62. The average Bonchev–Trinajstić information content (AvgIpc) is 3.91. The third-order valence-electron chi connectivity index (χ3n) is 14.6.